The number of anilines is 1. The number of ether oxygens (including phenoxy) is 1. The van der Waals surface area contributed by atoms with Crippen LogP contribution >= 0.6 is 12.4 Å². The summed E-state index contributed by atoms with van der Waals surface area (Å²) in [5.41, 5.74) is 7.11. The quantitative estimate of drug-likeness (QED) is 0.598. The van der Waals surface area contributed by atoms with Crippen molar-refractivity contribution in [2.24, 2.45) is 0 Å². The number of carbonyl (C=O) groups is 1. The smallest absolute Gasteiger partial charge is 0.316 e. The first-order chi connectivity index (χ1) is 10.9. The molecule has 0 saturated heterocycles. The number of halogens is 1. The summed E-state index contributed by atoms with van der Waals surface area (Å²) in [6.07, 6.45) is 2.77. The maximum Gasteiger partial charge on any atom is 0.316 e. The van der Waals surface area contributed by atoms with Crippen LogP contribution in [0.1, 0.15) is 52.5 Å². The molecular weight excluding hydrogens is 324 g/mol. The Morgan fingerprint density at radius 3 is 2.33 bits per heavy atom. The van der Waals surface area contributed by atoms with Crippen LogP contribution in [0.2, 0.25) is 0 Å². The van der Waals surface area contributed by atoms with Crippen LogP contribution in [0.15, 0.2) is 24.3 Å². The second-order valence-electron chi connectivity index (χ2n) is 7.12. The topological polar surface area (TPSA) is 55.6 Å². The van der Waals surface area contributed by atoms with Gasteiger partial charge in [0.15, 0.2) is 0 Å². The molecule has 2 N–H and O–H groups in total. The first-order valence-electron chi connectivity index (χ1n) is 8.66. The Labute approximate surface area is 152 Å². The van der Waals surface area contributed by atoms with E-state index in [1.54, 1.807) is 0 Å². The second-order valence-corrected chi connectivity index (χ2v) is 7.12. The monoisotopic (exact) mass is 354 g/mol. The largest absolute Gasteiger partial charge is 0.464 e. The number of nitrogens with two attached hydrogens (primary N) is 1. The van der Waals surface area contributed by atoms with Gasteiger partial charge in [-0.15, -0.1) is 12.4 Å². The van der Waals surface area contributed by atoms with Gasteiger partial charge < -0.3 is 10.5 Å². The maximum absolute atomic E-state index is 12.7. The van der Waals surface area contributed by atoms with Crippen molar-refractivity contribution < 1.29 is 9.53 Å². The van der Waals surface area contributed by atoms with Gasteiger partial charge in [-0.3, -0.25) is 9.69 Å². The van der Waals surface area contributed by atoms with E-state index in [1.165, 1.54) is 0 Å². The van der Waals surface area contributed by atoms with Gasteiger partial charge in [0.05, 0.1) is 5.41 Å². The first kappa shape index (κ1) is 20.8. The number of nitrogen functional groups attached to an aromatic ring is 1. The molecule has 0 aliphatic heterocycles. The Bertz CT molecular complexity index is 534. The van der Waals surface area contributed by atoms with Crippen molar-refractivity contribution in [3.05, 3.63) is 29.8 Å². The van der Waals surface area contributed by atoms with Crippen molar-refractivity contribution in [2.75, 3.05) is 18.9 Å². The molecule has 1 aromatic carbocycles. The lowest BCUT2D eigenvalue weighted by Crippen LogP contribution is -2.45. The van der Waals surface area contributed by atoms with Crippen LogP contribution in [0.3, 0.4) is 0 Å². The lowest BCUT2D eigenvalue weighted by Gasteiger charge is -2.40. The standard InChI is InChI=1S/C19H30N2O2.ClH/c1-14(2)21(15(3)4)11-12-23-18(22)19(9-6-10-19)16-7-5-8-17(20)13-16;/h5,7-8,13-15H,6,9-12,20H2,1-4H3;1H. The molecule has 136 valence electrons. The van der Waals surface area contributed by atoms with Crippen molar-refractivity contribution in [2.45, 2.75) is 64.5 Å². The lowest BCUT2D eigenvalue weighted by molar-refractivity contribution is -0.155. The molecule has 0 unspecified atom stereocenters. The minimum Gasteiger partial charge on any atom is -0.464 e. The van der Waals surface area contributed by atoms with E-state index in [0.717, 1.165) is 31.4 Å². The minimum absolute atomic E-state index is 0. The van der Waals surface area contributed by atoms with Gasteiger partial charge in [0.25, 0.3) is 0 Å². The molecule has 0 aromatic heterocycles. The van der Waals surface area contributed by atoms with Crippen molar-refractivity contribution >= 4 is 24.1 Å². The van der Waals surface area contributed by atoms with Crippen LogP contribution in [-0.4, -0.2) is 36.1 Å². The van der Waals surface area contributed by atoms with Crippen LogP contribution in [0, 0.1) is 0 Å². The number of nitrogens with zero attached hydrogens (tertiary/aromatic N) is 1. The van der Waals surface area contributed by atoms with E-state index in [1.807, 2.05) is 24.3 Å². The summed E-state index contributed by atoms with van der Waals surface area (Å²) >= 11 is 0. The van der Waals surface area contributed by atoms with Crippen molar-refractivity contribution in [3.8, 4) is 0 Å². The Balaban J connectivity index is 0.00000288. The normalized spacial score (nSPS) is 16.0. The van der Waals surface area contributed by atoms with Gasteiger partial charge in [-0.05, 0) is 58.2 Å². The van der Waals surface area contributed by atoms with Crippen LogP contribution in [0.5, 0.6) is 0 Å². The molecule has 1 fully saturated rings. The van der Waals surface area contributed by atoms with Crippen LogP contribution < -0.4 is 5.73 Å². The fraction of sp³-hybridized carbons (Fsp3) is 0.632. The predicted molar refractivity (Wildman–Crippen MR) is 102 cm³/mol. The van der Waals surface area contributed by atoms with E-state index in [4.69, 9.17) is 10.5 Å². The fourth-order valence-corrected chi connectivity index (χ4v) is 3.47. The van der Waals surface area contributed by atoms with Gasteiger partial charge in [0, 0.05) is 24.3 Å². The highest BCUT2D eigenvalue weighted by atomic mass is 35.5. The minimum atomic E-state index is -0.476. The molecule has 5 heteroatoms. The molecular formula is C19H31ClN2O2. The first-order valence-corrected chi connectivity index (χ1v) is 8.66. The third kappa shape index (κ3) is 4.42. The summed E-state index contributed by atoms with van der Waals surface area (Å²) in [7, 11) is 0. The Morgan fingerprint density at radius 2 is 1.88 bits per heavy atom. The summed E-state index contributed by atoms with van der Waals surface area (Å²) in [6.45, 7) is 9.89. The molecule has 0 spiro atoms. The van der Waals surface area contributed by atoms with Gasteiger partial charge in [-0.1, -0.05) is 18.6 Å². The number of carbonyl (C=O) groups excluding carboxylic acids is 1. The Morgan fingerprint density at radius 1 is 1.25 bits per heavy atom. The molecule has 1 saturated carbocycles. The van der Waals surface area contributed by atoms with Gasteiger partial charge in [0.2, 0.25) is 0 Å². The van der Waals surface area contributed by atoms with Crippen molar-refractivity contribution in [1.82, 2.24) is 4.90 Å². The molecule has 4 nitrogen and oxygen atoms in total. The Hall–Kier alpha value is -1.26. The summed E-state index contributed by atoms with van der Waals surface area (Å²) in [6, 6.07) is 8.56. The van der Waals surface area contributed by atoms with Crippen LogP contribution in [-0.2, 0) is 14.9 Å². The molecule has 1 aliphatic carbocycles. The molecule has 1 aromatic rings. The van der Waals surface area contributed by atoms with Crippen molar-refractivity contribution in [3.63, 3.8) is 0 Å². The maximum atomic E-state index is 12.7. The SMILES string of the molecule is CC(C)N(CCOC(=O)C1(c2cccc(N)c2)CCC1)C(C)C.Cl. The molecule has 0 bridgehead atoms. The molecule has 0 atom stereocenters. The summed E-state index contributed by atoms with van der Waals surface area (Å²) in [5, 5.41) is 0. The van der Waals surface area contributed by atoms with Crippen LogP contribution in [0.4, 0.5) is 5.69 Å². The van der Waals surface area contributed by atoms with E-state index in [0.29, 0.717) is 24.4 Å². The zero-order valence-electron chi connectivity index (χ0n) is 15.2. The predicted octanol–water partition coefficient (Wildman–Crippen LogP) is 3.77. The highest BCUT2D eigenvalue weighted by molar-refractivity contribution is 5.85. The molecule has 24 heavy (non-hydrogen) atoms. The second kappa shape index (κ2) is 8.72. The highest BCUT2D eigenvalue weighted by Crippen LogP contribution is 2.45. The number of esters is 1. The number of hydrogen-bond acceptors (Lipinski definition) is 4. The Kier molecular flexibility index (Phi) is 7.56. The van der Waals surface area contributed by atoms with Crippen molar-refractivity contribution in [1.29, 1.82) is 0 Å². The zero-order valence-corrected chi connectivity index (χ0v) is 16.1. The molecule has 0 radical (unpaired) electrons. The van der Waals surface area contributed by atoms with E-state index in [-0.39, 0.29) is 18.4 Å². The third-order valence-corrected chi connectivity index (χ3v) is 4.95. The summed E-state index contributed by atoms with van der Waals surface area (Å²) in [5.74, 6) is -0.0955. The van der Waals surface area contributed by atoms with E-state index < -0.39 is 5.41 Å². The highest BCUT2D eigenvalue weighted by Gasteiger charge is 2.47. The molecule has 2 rings (SSSR count). The summed E-state index contributed by atoms with van der Waals surface area (Å²) < 4.78 is 5.65. The van der Waals surface area contributed by atoms with Gasteiger partial charge in [-0.2, -0.15) is 0 Å². The summed E-state index contributed by atoms with van der Waals surface area (Å²) in [4.78, 5) is 15.0. The lowest BCUT2D eigenvalue weighted by atomic mass is 9.64. The number of hydrogen-bond donors (Lipinski definition) is 1. The van der Waals surface area contributed by atoms with E-state index in [9.17, 15) is 4.79 Å². The van der Waals surface area contributed by atoms with E-state index >= 15 is 0 Å². The third-order valence-electron chi connectivity index (χ3n) is 4.95. The average Bonchev–Trinajstić information content (AvgIpc) is 2.41. The number of benzene rings is 1. The fourth-order valence-electron chi connectivity index (χ4n) is 3.47. The molecule has 0 amide bonds. The van der Waals surface area contributed by atoms with Gasteiger partial charge in [-0.25, -0.2) is 0 Å². The zero-order chi connectivity index (χ0) is 17.0. The van der Waals surface area contributed by atoms with Gasteiger partial charge in [0.1, 0.15) is 6.61 Å². The van der Waals surface area contributed by atoms with Crippen LogP contribution in [0.25, 0.3) is 0 Å². The number of rotatable bonds is 7. The molecule has 1 aliphatic rings. The van der Waals surface area contributed by atoms with Gasteiger partial charge >= 0.3 is 5.97 Å². The average molecular weight is 355 g/mol. The van der Waals surface area contributed by atoms with E-state index in [2.05, 4.69) is 32.6 Å². The molecule has 0 heterocycles.